The third-order valence-electron chi connectivity index (χ3n) is 4.95. The van der Waals surface area contributed by atoms with E-state index >= 15 is 0 Å². The van der Waals surface area contributed by atoms with Gasteiger partial charge in [0.05, 0.1) is 10.9 Å². The van der Waals surface area contributed by atoms with Crippen LogP contribution in [0.25, 0.3) is 10.9 Å². The van der Waals surface area contributed by atoms with Gasteiger partial charge in [-0.15, -0.1) is 0 Å². The number of amides is 1. The molecule has 0 spiro atoms. The number of fused-ring (bicyclic) bond motifs is 1. The molecule has 1 N–H and O–H groups in total. The quantitative estimate of drug-likeness (QED) is 0.862. The van der Waals surface area contributed by atoms with E-state index in [4.69, 9.17) is 4.74 Å². The van der Waals surface area contributed by atoms with Crippen molar-refractivity contribution >= 4 is 32.7 Å². The van der Waals surface area contributed by atoms with Crippen LogP contribution in [-0.4, -0.2) is 28.5 Å². The maximum atomic E-state index is 12.3. The van der Waals surface area contributed by atoms with Gasteiger partial charge in [0.1, 0.15) is 6.33 Å². The molecule has 3 atom stereocenters. The second-order valence-corrected chi connectivity index (χ2v) is 7.49. The van der Waals surface area contributed by atoms with Crippen LogP contribution >= 0.6 is 15.9 Å². The molecule has 1 heterocycles. The van der Waals surface area contributed by atoms with Gasteiger partial charge in [-0.1, -0.05) is 42.6 Å². The fourth-order valence-corrected chi connectivity index (χ4v) is 3.65. The Kier molecular flexibility index (Phi) is 5.33. The second-order valence-electron chi connectivity index (χ2n) is 6.57. The zero-order valence-electron chi connectivity index (χ0n) is 14.0. The summed E-state index contributed by atoms with van der Waals surface area (Å²) in [5.41, 5.74) is 0.790. The molecule has 1 saturated carbocycles. The largest absolute Gasteiger partial charge is 0.467 e. The van der Waals surface area contributed by atoms with Gasteiger partial charge in [-0.2, -0.15) is 0 Å². The molecular formula is C18H22BrN3O2. The predicted molar refractivity (Wildman–Crippen MR) is 96.8 cm³/mol. The van der Waals surface area contributed by atoms with Crippen LogP contribution < -0.4 is 10.1 Å². The first-order valence-electron chi connectivity index (χ1n) is 8.37. The Morgan fingerprint density at radius 1 is 1.33 bits per heavy atom. The zero-order valence-corrected chi connectivity index (χ0v) is 15.5. The summed E-state index contributed by atoms with van der Waals surface area (Å²) in [5.74, 6) is 1.48. The lowest BCUT2D eigenvalue weighted by Crippen LogP contribution is -2.45. The lowest BCUT2D eigenvalue weighted by molar-refractivity contribution is -0.124. The molecule has 3 rings (SSSR count). The Balaban J connectivity index is 1.63. The Morgan fingerprint density at radius 3 is 3.00 bits per heavy atom. The van der Waals surface area contributed by atoms with Gasteiger partial charge in [-0.3, -0.25) is 4.79 Å². The molecular weight excluding hydrogens is 370 g/mol. The highest BCUT2D eigenvalue weighted by atomic mass is 79.9. The van der Waals surface area contributed by atoms with Crippen molar-refractivity contribution in [1.82, 2.24) is 15.3 Å². The van der Waals surface area contributed by atoms with Crippen molar-refractivity contribution in [2.24, 2.45) is 11.8 Å². The van der Waals surface area contributed by atoms with Crippen molar-refractivity contribution < 1.29 is 9.53 Å². The highest BCUT2D eigenvalue weighted by Gasteiger charge is 2.28. The number of benzene rings is 1. The number of ether oxygens (including phenoxy) is 1. The third kappa shape index (κ3) is 3.86. The minimum Gasteiger partial charge on any atom is -0.467 e. The summed E-state index contributed by atoms with van der Waals surface area (Å²) in [7, 11) is 0. The number of rotatable bonds is 4. The van der Waals surface area contributed by atoms with Gasteiger partial charge in [-0.25, -0.2) is 9.97 Å². The number of carbonyl (C=O) groups is 1. The van der Waals surface area contributed by atoms with Crippen LogP contribution in [0.2, 0.25) is 0 Å². The lowest BCUT2D eigenvalue weighted by Gasteiger charge is -2.34. The van der Waals surface area contributed by atoms with Gasteiger partial charge in [0.25, 0.3) is 5.91 Å². The van der Waals surface area contributed by atoms with Gasteiger partial charge in [0.15, 0.2) is 6.61 Å². The number of halogens is 1. The van der Waals surface area contributed by atoms with E-state index in [0.29, 0.717) is 17.7 Å². The molecule has 3 unspecified atom stereocenters. The van der Waals surface area contributed by atoms with E-state index in [1.807, 2.05) is 18.2 Å². The fraction of sp³-hybridized carbons (Fsp3) is 0.500. The summed E-state index contributed by atoms with van der Waals surface area (Å²) in [5, 5.41) is 3.90. The van der Waals surface area contributed by atoms with Crippen molar-refractivity contribution in [3.05, 3.63) is 29.0 Å². The smallest absolute Gasteiger partial charge is 0.258 e. The van der Waals surface area contributed by atoms with E-state index in [9.17, 15) is 4.79 Å². The summed E-state index contributed by atoms with van der Waals surface area (Å²) >= 11 is 3.43. The van der Waals surface area contributed by atoms with E-state index < -0.39 is 0 Å². The van der Waals surface area contributed by atoms with Crippen molar-refractivity contribution in [2.75, 3.05) is 6.61 Å². The molecule has 1 aliphatic carbocycles. The van der Waals surface area contributed by atoms with Gasteiger partial charge >= 0.3 is 0 Å². The highest BCUT2D eigenvalue weighted by molar-refractivity contribution is 9.10. The van der Waals surface area contributed by atoms with Crippen molar-refractivity contribution in [3.8, 4) is 5.88 Å². The minimum atomic E-state index is -0.0947. The van der Waals surface area contributed by atoms with Gasteiger partial charge in [0, 0.05) is 10.5 Å². The lowest BCUT2D eigenvalue weighted by atomic mass is 9.78. The average Bonchev–Trinajstić information content (AvgIpc) is 2.57. The van der Waals surface area contributed by atoms with Crippen LogP contribution in [0.3, 0.4) is 0 Å². The Labute approximate surface area is 150 Å². The molecule has 0 aliphatic heterocycles. The van der Waals surface area contributed by atoms with Crippen molar-refractivity contribution in [1.29, 1.82) is 0 Å². The molecule has 1 aromatic heterocycles. The van der Waals surface area contributed by atoms with Crippen LogP contribution in [0, 0.1) is 11.8 Å². The maximum Gasteiger partial charge on any atom is 0.258 e. The van der Waals surface area contributed by atoms with Crippen LogP contribution in [0.5, 0.6) is 5.88 Å². The molecule has 1 aromatic carbocycles. The minimum absolute atomic E-state index is 0.0315. The van der Waals surface area contributed by atoms with Crippen molar-refractivity contribution in [3.63, 3.8) is 0 Å². The summed E-state index contributed by atoms with van der Waals surface area (Å²) in [4.78, 5) is 20.6. The molecule has 128 valence electrons. The number of carbonyl (C=O) groups excluding carboxylic acids is 1. The van der Waals surface area contributed by atoms with Crippen LogP contribution in [0.1, 0.15) is 33.1 Å². The highest BCUT2D eigenvalue weighted by Crippen LogP contribution is 2.29. The first kappa shape index (κ1) is 17.1. The monoisotopic (exact) mass is 391 g/mol. The number of nitrogens with zero attached hydrogens (tertiary/aromatic N) is 2. The summed E-state index contributed by atoms with van der Waals surface area (Å²) in [6, 6.07) is 5.94. The normalized spacial score (nSPS) is 23.9. The van der Waals surface area contributed by atoms with E-state index in [-0.39, 0.29) is 18.6 Å². The fourth-order valence-electron chi connectivity index (χ4n) is 3.29. The molecule has 0 saturated heterocycles. The zero-order chi connectivity index (χ0) is 17.1. The molecule has 1 fully saturated rings. The molecule has 1 aliphatic rings. The molecule has 0 bridgehead atoms. The topological polar surface area (TPSA) is 64.1 Å². The number of hydrogen-bond donors (Lipinski definition) is 1. The van der Waals surface area contributed by atoms with Gasteiger partial charge in [0.2, 0.25) is 5.88 Å². The maximum absolute atomic E-state index is 12.3. The average molecular weight is 392 g/mol. The summed E-state index contributed by atoms with van der Waals surface area (Å²) in [6.45, 7) is 4.44. The Bertz CT molecular complexity index is 737. The standard InChI is InChI=1S/C18H22BrN3O2/c1-11-4-3-5-15(12(11)2)22-17(23)9-24-18-14-8-13(19)6-7-16(14)20-10-21-18/h6-8,10-12,15H,3-5,9H2,1-2H3,(H,22,23). The van der Waals surface area contributed by atoms with E-state index in [0.717, 1.165) is 21.8 Å². The number of hydrogen-bond acceptors (Lipinski definition) is 4. The van der Waals surface area contributed by atoms with Crippen LogP contribution in [-0.2, 0) is 4.79 Å². The Morgan fingerprint density at radius 2 is 2.17 bits per heavy atom. The molecule has 6 heteroatoms. The SMILES string of the molecule is CC1CCCC(NC(=O)COc2ncnc3ccc(Br)cc23)C1C. The van der Waals surface area contributed by atoms with Gasteiger partial charge < -0.3 is 10.1 Å². The van der Waals surface area contributed by atoms with Crippen molar-refractivity contribution in [2.45, 2.75) is 39.2 Å². The number of nitrogens with one attached hydrogen (secondary N) is 1. The molecule has 0 radical (unpaired) electrons. The predicted octanol–water partition coefficient (Wildman–Crippen LogP) is 3.71. The van der Waals surface area contributed by atoms with E-state index in [1.54, 1.807) is 0 Å². The molecule has 1 amide bonds. The van der Waals surface area contributed by atoms with E-state index in [1.165, 1.54) is 19.2 Å². The molecule has 24 heavy (non-hydrogen) atoms. The van der Waals surface area contributed by atoms with Crippen LogP contribution in [0.4, 0.5) is 0 Å². The summed E-state index contributed by atoms with van der Waals surface area (Å²) in [6.07, 6.45) is 4.91. The molecule has 2 aromatic rings. The first-order valence-corrected chi connectivity index (χ1v) is 9.16. The van der Waals surface area contributed by atoms with Gasteiger partial charge in [-0.05, 0) is 36.5 Å². The first-order chi connectivity index (χ1) is 11.5. The van der Waals surface area contributed by atoms with E-state index in [2.05, 4.69) is 45.1 Å². The van der Waals surface area contributed by atoms with Crippen LogP contribution in [0.15, 0.2) is 29.0 Å². The second kappa shape index (κ2) is 7.47. The Hall–Kier alpha value is -1.69. The molecule has 5 nitrogen and oxygen atoms in total. The summed E-state index contributed by atoms with van der Waals surface area (Å²) < 4.78 is 6.58. The third-order valence-corrected chi connectivity index (χ3v) is 5.45. The number of aromatic nitrogens is 2.